The number of fused-ring (bicyclic) bond motifs is 1. The highest BCUT2D eigenvalue weighted by Gasteiger charge is 2.33. The molecule has 1 unspecified atom stereocenters. The van der Waals surface area contributed by atoms with Crippen molar-refractivity contribution < 1.29 is 9.84 Å². The van der Waals surface area contributed by atoms with E-state index < -0.39 is 0 Å². The predicted molar refractivity (Wildman–Crippen MR) is 86.9 cm³/mol. The van der Waals surface area contributed by atoms with E-state index in [0.717, 1.165) is 30.6 Å². The highest BCUT2D eigenvalue weighted by Crippen LogP contribution is 2.38. The standard InChI is InChI=1S/C17H25N3O2/c18-16(19-11-17(12-21)8-3-4-9-17)20-14-7-10-22-15-6-2-1-5-13(14)15/h1-2,5-6,14,21H,3-4,7-12H2,(H3,18,19,20). The Labute approximate surface area is 131 Å². The van der Waals surface area contributed by atoms with E-state index in [9.17, 15) is 5.11 Å². The van der Waals surface area contributed by atoms with Gasteiger partial charge in [-0.1, -0.05) is 31.0 Å². The van der Waals surface area contributed by atoms with Gasteiger partial charge >= 0.3 is 0 Å². The summed E-state index contributed by atoms with van der Waals surface area (Å²) in [6.45, 7) is 1.49. The van der Waals surface area contributed by atoms with Crippen molar-refractivity contribution in [1.82, 2.24) is 5.32 Å². The fraction of sp³-hybridized carbons (Fsp3) is 0.588. The van der Waals surface area contributed by atoms with Gasteiger partial charge in [-0.3, -0.25) is 4.99 Å². The molecule has 3 rings (SSSR count). The molecule has 5 heteroatoms. The van der Waals surface area contributed by atoms with Crippen LogP contribution in [0.3, 0.4) is 0 Å². The van der Waals surface area contributed by atoms with Crippen LogP contribution in [-0.4, -0.2) is 30.8 Å². The van der Waals surface area contributed by atoms with Gasteiger partial charge < -0.3 is 20.9 Å². The molecule has 0 amide bonds. The van der Waals surface area contributed by atoms with E-state index in [4.69, 9.17) is 10.5 Å². The van der Waals surface area contributed by atoms with Crippen molar-refractivity contribution in [3.05, 3.63) is 29.8 Å². The third-order valence-electron chi connectivity index (χ3n) is 4.87. The van der Waals surface area contributed by atoms with Crippen LogP contribution in [0.2, 0.25) is 0 Å². The Balaban J connectivity index is 1.64. The largest absolute Gasteiger partial charge is 0.493 e. The molecule has 120 valence electrons. The molecule has 1 aromatic rings. The highest BCUT2D eigenvalue weighted by molar-refractivity contribution is 5.78. The van der Waals surface area contributed by atoms with Crippen molar-refractivity contribution in [3.8, 4) is 5.75 Å². The lowest BCUT2D eigenvalue weighted by Crippen LogP contribution is -2.38. The van der Waals surface area contributed by atoms with Crippen molar-refractivity contribution in [3.63, 3.8) is 0 Å². The van der Waals surface area contributed by atoms with Gasteiger partial charge in [-0.2, -0.15) is 0 Å². The number of nitrogens with two attached hydrogens (primary N) is 1. The van der Waals surface area contributed by atoms with Crippen LogP contribution >= 0.6 is 0 Å². The number of nitrogens with zero attached hydrogens (tertiary/aromatic N) is 1. The molecule has 0 bridgehead atoms. The van der Waals surface area contributed by atoms with E-state index in [2.05, 4.69) is 16.4 Å². The van der Waals surface area contributed by atoms with Gasteiger partial charge in [0.25, 0.3) is 0 Å². The van der Waals surface area contributed by atoms with Gasteiger partial charge in [0.15, 0.2) is 5.96 Å². The Morgan fingerprint density at radius 2 is 2.14 bits per heavy atom. The summed E-state index contributed by atoms with van der Waals surface area (Å²) in [7, 11) is 0. The topological polar surface area (TPSA) is 79.9 Å². The molecular formula is C17H25N3O2. The lowest BCUT2D eigenvalue weighted by molar-refractivity contribution is 0.138. The van der Waals surface area contributed by atoms with E-state index in [-0.39, 0.29) is 18.1 Å². The second kappa shape index (κ2) is 6.57. The number of guanidine groups is 1. The SMILES string of the molecule is NC(=NCC1(CO)CCCC1)NC1CCOc2ccccc21. The minimum absolute atomic E-state index is 0.0557. The Kier molecular flexibility index (Phi) is 4.52. The zero-order valence-corrected chi connectivity index (χ0v) is 12.9. The summed E-state index contributed by atoms with van der Waals surface area (Å²) in [5, 5.41) is 12.9. The molecule has 1 aliphatic heterocycles. The third-order valence-corrected chi connectivity index (χ3v) is 4.87. The zero-order valence-electron chi connectivity index (χ0n) is 12.9. The van der Waals surface area contributed by atoms with Gasteiger partial charge in [0.1, 0.15) is 5.75 Å². The van der Waals surface area contributed by atoms with Crippen LogP contribution in [0.1, 0.15) is 43.7 Å². The second-order valence-corrected chi connectivity index (χ2v) is 6.44. The Bertz CT molecular complexity index is 538. The van der Waals surface area contributed by atoms with Crippen LogP contribution in [0.25, 0.3) is 0 Å². The van der Waals surface area contributed by atoms with Crippen LogP contribution in [0.5, 0.6) is 5.75 Å². The molecule has 1 aromatic carbocycles. The molecule has 0 aromatic heterocycles. The van der Waals surface area contributed by atoms with Crippen molar-refractivity contribution in [2.75, 3.05) is 19.8 Å². The van der Waals surface area contributed by atoms with Gasteiger partial charge in [-0.15, -0.1) is 0 Å². The van der Waals surface area contributed by atoms with Gasteiger partial charge in [-0.05, 0) is 18.9 Å². The van der Waals surface area contributed by atoms with Gasteiger partial charge in [0, 0.05) is 17.4 Å². The van der Waals surface area contributed by atoms with E-state index in [0.29, 0.717) is 19.1 Å². The Hall–Kier alpha value is -1.75. The minimum Gasteiger partial charge on any atom is -0.493 e. The maximum atomic E-state index is 9.63. The average Bonchev–Trinajstić information content (AvgIpc) is 3.03. The summed E-state index contributed by atoms with van der Waals surface area (Å²) in [4.78, 5) is 4.50. The van der Waals surface area contributed by atoms with Crippen molar-refractivity contribution >= 4 is 5.96 Å². The fourth-order valence-corrected chi connectivity index (χ4v) is 3.46. The first-order chi connectivity index (χ1) is 10.7. The third kappa shape index (κ3) is 3.19. The van der Waals surface area contributed by atoms with E-state index in [1.807, 2.05) is 18.2 Å². The molecule has 22 heavy (non-hydrogen) atoms. The number of hydrogen-bond acceptors (Lipinski definition) is 3. The summed E-state index contributed by atoms with van der Waals surface area (Å²) in [5.74, 6) is 1.38. The van der Waals surface area contributed by atoms with Crippen molar-refractivity contribution in [1.29, 1.82) is 0 Å². The summed E-state index contributed by atoms with van der Waals surface area (Å²) in [5.41, 5.74) is 7.14. The number of aliphatic hydroxyl groups excluding tert-OH is 1. The molecule has 4 N–H and O–H groups in total. The summed E-state index contributed by atoms with van der Waals surface area (Å²) >= 11 is 0. The fourth-order valence-electron chi connectivity index (χ4n) is 3.46. The van der Waals surface area contributed by atoms with E-state index in [1.54, 1.807) is 0 Å². The molecule has 1 aliphatic carbocycles. The maximum absolute atomic E-state index is 9.63. The molecule has 1 fully saturated rings. The van der Waals surface area contributed by atoms with Crippen molar-refractivity contribution in [2.45, 2.75) is 38.1 Å². The Morgan fingerprint density at radius 3 is 2.91 bits per heavy atom. The quantitative estimate of drug-likeness (QED) is 0.587. The van der Waals surface area contributed by atoms with Crippen LogP contribution in [0.4, 0.5) is 0 Å². The Morgan fingerprint density at radius 1 is 1.36 bits per heavy atom. The minimum atomic E-state index is -0.0557. The van der Waals surface area contributed by atoms with Crippen LogP contribution < -0.4 is 15.8 Å². The summed E-state index contributed by atoms with van der Waals surface area (Å²) < 4.78 is 5.66. The first-order valence-electron chi connectivity index (χ1n) is 8.11. The predicted octanol–water partition coefficient (Wildman–Crippen LogP) is 1.97. The lowest BCUT2D eigenvalue weighted by Gasteiger charge is -2.28. The van der Waals surface area contributed by atoms with Crippen LogP contribution in [0, 0.1) is 5.41 Å². The summed E-state index contributed by atoms with van der Waals surface area (Å²) in [6.07, 6.45) is 5.31. The number of rotatable bonds is 4. The molecule has 0 radical (unpaired) electrons. The van der Waals surface area contributed by atoms with Gasteiger partial charge in [0.2, 0.25) is 0 Å². The zero-order chi connectivity index (χ0) is 15.4. The molecule has 0 spiro atoms. The number of hydrogen-bond donors (Lipinski definition) is 3. The van der Waals surface area contributed by atoms with Gasteiger partial charge in [-0.25, -0.2) is 0 Å². The monoisotopic (exact) mass is 303 g/mol. The highest BCUT2D eigenvalue weighted by atomic mass is 16.5. The van der Waals surface area contributed by atoms with E-state index >= 15 is 0 Å². The first kappa shape index (κ1) is 15.2. The molecule has 1 heterocycles. The molecule has 2 aliphatic rings. The molecular weight excluding hydrogens is 278 g/mol. The van der Waals surface area contributed by atoms with Crippen LogP contribution in [0.15, 0.2) is 29.3 Å². The molecule has 1 atom stereocenters. The number of aliphatic imine (C=N–C) groups is 1. The molecule has 1 saturated carbocycles. The van der Waals surface area contributed by atoms with Gasteiger partial charge in [0.05, 0.1) is 25.8 Å². The first-order valence-corrected chi connectivity index (χ1v) is 8.11. The smallest absolute Gasteiger partial charge is 0.189 e. The number of benzene rings is 1. The second-order valence-electron chi connectivity index (χ2n) is 6.44. The maximum Gasteiger partial charge on any atom is 0.189 e. The van der Waals surface area contributed by atoms with Crippen molar-refractivity contribution in [2.24, 2.45) is 16.1 Å². The molecule has 5 nitrogen and oxygen atoms in total. The number of nitrogens with one attached hydrogen (secondary N) is 1. The summed E-state index contributed by atoms with van der Waals surface area (Å²) in [6, 6.07) is 8.17. The number of ether oxygens (including phenoxy) is 1. The lowest BCUT2D eigenvalue weighted by atomic mass is 9.87. The number of para-hydroxylation sites is 1. The van der Waals surface area contributed by atoms with Crippen LogP contribution in [-0.2, 0) is 0 Å². The normalized spacial score (nSPS) is 23.7. The van der Waals surface area contributed by atoms with E-state index in [1.165, 1.54) is 12.8 Å². The average molecular weight is 303 g/mol. The number of aliphatic hydroxyl groups is 1. The molecule has 0 saturated heterocycles.